The molecule has 0 aromatic heterocycles. The van der Waals surface area contributed by atoms with Gasteiger partial charge in [-0.05, 0) is 30.7 Å². The molecule has 2 rings (SSSR count). The molecule has 0 saturated heterocycles. The largest absolute Gasteiger partial charge is 0.497 e. The van der Waals surface area contributed by atoms with Gasteiger partial charge in [0.15, 0.2) is 0 Å². The first kappa shape index (κ1) is 13.1. The smallest absolute Gasteiger partial charge is 0.118 e. The zero-order valence-electron chi connectivity index (χ0n) is 11.2. The van der Waals surface area contributed by atoms with Crippen LogP contribution in [0.5, 0.6) is 5.75 Å². The topological polar surface area (TPSA) is 45.1 Å². The van der Waals surface area contributed by atoms with Crippen LogP contribution in [-0.4, -0.2) is 12.8 Å². The van der Waals surface area contributed by atoms with E-state index in [4.69, 9.17) is 10.1 Å². The van der Waals surface area contributed by atoms with Gasteiger partial charge in [0, 0.05) is 23.5 Å². The Morgan fingerprint density at radius 1 is 1.11 bits per heavy atom. The van der Waals surface area contributed by atoms with Crippen molar-refractivity contribution in [3.63, 3.8) is 0 Å². The summed E-state index contributed by atoms with van der Waals surface area (Å²) in [7, 11) is 1.66. The molecular formula is C16H18N2O. The van der Waals surface area contributed by atoms with Gasteiger partial charge in [-0.25, -0.2) is 0 Å². The zero-order chi connectivity index (χ0) is 13.7. The third-order valence-corrected chi connectivity index (χ3v) is 2.97. The second kappa shape index (κ2) is 6.05. The van der Waals surface area contributed by atoms with Crippen LogP contribution in [0.15, 0.2) is 48.5 Å². The van der Waals surface area contributed by atoms with Gasteiger partial charge in [-0.1, -0.05) is 30.3 Å². The first-order valence-corrected chi connectivity index (χ1v) is 6.22. The minimum atomic E-state index is 0.567. The van der Waals surface area contributed by atoms with Gasteiger partial charge >= 0.3 is 0 Å². The lowest BCUT2D eigenvalue weighted by Crippen LogP contribution is -2.04. The van der Waals surface area contributed by atoms with Crippen LogP contribution in [-0.2, 0) is 6.54 Å². The Kier molecular flexibility index (Phi) is 4.18. The summed E-state index contributed by atoms with van der Waals surface area (Å²) in [6.45, 7) is 2.53. The van der Waals surface area contributed by atoms with Crippen molar-refractivity contribution < 1.29 is 4.74 Å². The molecular weight excluding hydrogens is 236 g/mol. The van der Waals surface area contributed by atoms with Gasteiger partial charge in [-0.15, -0.1) is 0 Å². The van der Waals surface area contributed by atoms with Gasteiger partial charge in [0.25, 0.3) is 0 Å². The number of benzene rings is 2. The van der Waals surface area contributed by atoms with Crippen LogP contribution < -0.4 is 10.1 Å². The molecule has 0 aliphatic heterocycles. The molecule has 0 aliphatic carbocycles. The van der Waals surface area contributed by atoms with Crippen molar-refractivity contribution in [2.24, 2.45) is 0 Å². The van der Waals surface area contributed by atoms with Crippen molar-refractivity contribution in [2.45, 2.75) is 13.5 Å². The fraction of sp³-hybridized carbons (Fsp3) is 0.188. The number of anilines is 1. The van der Waals surface area contributed by atoms with E-state index in [0.29, 0.717) is 5.71 Å². The van der Waals surface area contributed by atoms with Gasteiger partial charge in [0.2, 0.25) is 0 Å². The quantitative estimate of drug-likeness (QED) is 0.799. The predicted octanol–water partition coefficient (Wildman–Crippen LogP) is 3.70. The predicted molar refractivity (Wildman–Crippen MR) is 79.3 cm³/mol. The van der Waals surface area contributed by atoms with E-state index in [0.717, 1.165) is 23.5 Å². The summed E-state index contributed by atoms with van der Waals surface area (Å²) in [5, 5.41) is 11.1. The molecule has 3 heteroatoms. The highest BCUT2D eigenvalue weighted by atomic mass is 16.5. The average Bonchev–Trinajstić information content (AvgIpc) is 2.46. The number of ether oxygens (including phenoxy) is 1. The zero-order valence-corrected chi connectivity index (χ0v) is 11.2. The van der Waals surface area contributed by atoms with Crippen molar-refractivity contribution >= 4 is 11.4 Å². The van der Waals surface area contributed by atoms with Gasteiger partial charge < -0.3 is 15.5 Å². The van der Waals surface area contributed by atoms with Crippen LogP contribution in [0.2, 0.25) is 0 Å². The molecule has 0 heterocycles. The molecule has 19 heavy (non-hydrogen) atoms. The first-order valence-electron chi connectivity index (χ1n) is 6.22. The van der Waals surface area contributed by atoms with Crippen molar-refractivity contribution in [1.82, 2.24) is 0 Å². The van der Waals surface area contributed by atoms with E-state index in [1.807, 2.05) is 48.5 Å². The summed E-state index contributed by atoms with van der Waals surface area (Å²) >= 11 is 0. The number of hydrogen-bond acceptors (Lipinski definition) is 3. The fourth-order valence-electron chi connectivity index (χ4n) is 1.90. The maximum absolute atomic E-state index is 7.76. The highest BCUT2D eigenvalue weighted by Gasteiger charge is 2.03. The third kappa shape index (κ3) is 3.35. The van der Waals surface area contributed by atoms with Gasteiger partial charge in [-0.2, -0.15) is 0 Å². The number of para-hydroxylation sites is 1. The number of nitrogens with one attached hydrogen (secondary N) is 2. The molecule has 0 amide bonds. The Bertz CT molecular complexity index is 561. The number of methoxy groups -OCH3 is 1. The van der Waals surface area contributed by atoms with E-state index in [1.165, 1.54) is 5.56 Å². The van der Waals surface area contributed by atoms with Gasteiger partial charge in [0.1, 0.15) is 5.75 Å². The van der Waals surface area contributed by atoms with Crippen LogP contribution in [0.4, 0.5) is 5.69 Å². The van der Waals surface area contributed by atoms with E-state index in [9.17, 15) is 0 Å². The molecule has 0 fully saturated rings. The lowest BCUT2D eigenvalue weighted by Gasteiger charge is -2.11. The average molecular weight is 254 g/mol. The number of hydrogen-bond donors (Lipinski definition) is 2. The molecule has 2 aromatic rings. The van der Waals surface area contributed by atoms with Crippen LogP contribution in [0.3, 0.4) is 0 Å². The lowest BCUT2D eigenvalue weighted by molar-refractivity contribution is 0.414. The minimum absolute atomic E-state index is 0.567. The molecule has 0 spiro atoms. The van der Waals surface area contributed by atoms with E-state index >= 15 is 0 Å². The molecule has 3 nitrogen and oxygen atoms in total. The lowest BCUT2D eigenvalue weighted by atomic mass is 10.1. The summed E-state index contributed by atoms with van der Waals surface area (Å²) < 4.78 is 5.13. The second-order valence-electron chi connectivity index (χ2n) is 4.37. The molecule has 98 valence electrons. The third-order valence-electron chi connectivity index (χ3n) is 2.97. The van der Waals surface area contributed by atoms with Crippen LogP contribution in [0.25, 0.3) is 0 Å². The SMILES string of the molecule is COc1ccc(CNc2ccccc2C(C)=N)cc1. The Hall–Kier alpha value is -2.29. The van der Waals surface area contributed by atoms with Gasteiger partial charge in [-0.3, -0.25) is 0 Å². The molecule has 0 aliphatic rings. The number of rotatable bonds is 5. The first-order chi connectivity index (χ1) is 9.20. The normalized spacial score (nSPS) is 10.0. The van der Waals surface area contributed by atoms with Crippen molar-refractivity contribution in [2.75, 3.05) is 12.4 Å². The highest BCUT2D eigenvalue weighted by molar-refractivity contribution is 6.01. The van der Waals surface area contributed by atoms with E-state index < -0.39 is 0 Å². The Balaban J connectivity index is 2.07. The molecule has 0 unspecified atom stereocenters. The highest BCUT2D eigenvalue weighted by Crippen LogP contribution is 2.17. The Labute approximate surface area is 113 Å². The molecule has 2 aromatic carbocycles. The van der Waals surface area contributed by atoms with Crippen LogP contribution >= 0.6 is 0 Å². The van der Waals surface area contributed by atoms with Gasteiger partial charge in [0.05, 0.1) is 7.11 Å². The van der Waals surface area contributed by atoms with Crippen molar-refractivity contribution in [3.05, 3.63) is 59.7 Å². The maximum Gasteiger partial charge on any atom is 0.118 e. The molecule has 0 saturated carbocycles. The summed E-state index contributed by atoms with van der Waals surface area (Å²) in [5.74, 6) is 0.861. The van der Waals surface area contributed by atoms with Crippen LogP contribution in [0, 0.1) is 5.41 Å². The fourth-order valence-corrected chi connectivity index (χ4v) is 1.90. The van der Waals surface area contributed by atoms with E-state index in [1.54, 1.807) is 14.0 Å². The molecule has 2 N–H and O–H groups in total. The maximum atomic E-state index is 7.76. The summed E-state index contributed by atoms with van der Waals surface area (Å²) in [6.07, 6.45) is 0. The minimum Gasteiger partial charge on any atom is -0.497 e. The molecule has 0 radical (unpaired) electrons. The summed E-state index contributed by atoms with van der Waals surface area (Å²) in [6, 6.07) is 15.8. The van der Waals surface area contributed by atoms with Crippen molar-refractivity contribution in [3.8, 4) is 5.75 Å². The Morgan fingerprint density at radius 3 is 2.42 bits per heavy atom. The summed E-state index contributed by atoms with van der Waals surface area (Å²) in [4.78, 5) is 0. The Morgan fingerprint density at radius 2 is 1.79 bits per heavy atom. The molecule has 0 atom stereocenters. The van der Waals surface area contributed by atoms with E-state index in [2.05, 4.69) is 5.32 Å². The van der Waals surface area contributed by atoms with Crippen LogP contribution in [0.1, 0.15) is 18.1 Å². The van der Waals surface area contributed by atoms with Crippen molar-refractivity contribution in [1.29, 1.82) is 5.41 Å². The summed E-state index contributed by atoms with van der Waals surface area (Å²) in [5.41, 5.74) is 3.68. The second-order valence-corrected chi connectivity index (χ2v) is 4.37. The monoisotopic (exact) mass is 254 g/mol. The molecule has 0 bridgehead atoms. The van der Waals surface area contributed by atoms with E-state index in [-0.39, 0.29) is 0 Å². The standard InChI is InChI=1S/C16H18N2O/c1-12(17)15-5-3-4-6-16(15)18-11-13-7-9-14(19-2)10-8-13/h3-10,17-18H,11H2,1-2H3.